The highest BCUT2D eigenvalue weighted by molar-refractivity contribution is 6.30. The zero-order valence-corrected chi connectivity index (χ0v) is 18.5. The summed E-state index contributed by atoms with van der Waals surface area (Å²) in [5, 5.41) is 3.71. The van der Waals surface area contributed by atoms with Crippen LogP contribution in [-0.2, 0) is 0 Å². The first-order chi connectivity index (χ1) is 12.1. The Balaban J connectivity index is 0.00000243. The van der Waals surface area contributed by atoms with E-state index < -0.39 is 0 Å². The average Bonchev–Trinajstić information content (AvgIpc) is 2.62. The highest BCUT2D eigenvalue weighted by atomic mass is 35.5. The molecule has 1 saturated heterocycles. The van der Waals surface area contributed by atoms with Crippen molar-refractivity contribution in [3.63, 3.8) is 0 Å². The number of carbonyl (C=O) groups excluding carboxylic acids is 1. The number of nitrogens with one attached hydrogen (secondary N) is 1. The van der Waals surface area contributed by atoms with E-state index in [0.29, 0.717) is 17.8 Å². The maximum atomic E-state index is 12.1. The normalized spacial score (nSPS) is 13.5. The molecule has 1 aliphatic heterocycles. The smallest absolute Gasteiger partial charge is 0.253 e. The first-order valence-electron chi connectivity index (χ1n) is 8.49. The van der Waals surface area contributed by atoms with Crippen molar-refractivity contribution in [3.05, 3.63) is 59.1 Å². The first kappa shape index (κ1) is 26.6. The van der Waals surface area contributed by atoms with Crippen molar-refractivity contribution in [2.75, 3.05) is 49.9 Å². The van der Waals surface area contributed by atoms with E-state index in [4.69, 9.17) is 17.3 Å². The van der Waals surface area contributed by atoms with E-state index in [0.717, 1.165) is 37.7 Å². The number of hydrogen-bond acceptors (Lipinski definition) is 4. The molecule has 1 amide bonds. The highest BCUT2D eigenvalue weighted by Gasteiger charge is 2.17. The molecular weight excluding hydrogens is 442 g/mol. The fourth-order valence-corrected chi connectivity index (χ4v) is 3.21. The molecule has 3 rings (SSSR count). The van der Waals surface area contributed by atoms with Gasteiger partial charge in [-0.25, -0.2) is 0 Å². The number of halogens is 4. The molecule has 2 aromatic carbocycles. The second-order valence-electron chi connectivity index (χ2n) is 6.15. The molecule has 9 heteroatoms. The molecule has 3 N–H and O–H groups in total. The molecule has 28 heavy (non-hydrogen) atoms. The summed E-state index contributed by atoms with van der Waals surface area (Å²) in [4.78, 5) is 16.8. The fourth-order valence-electron chi connectivity index (χ4n) is 3.03. The summed E-state index contributed by atoms with van der Waals surface area (Å²) in [6, 6.07) is 15.1. The van der Waals surface area contributed by atoms with Gasteiger partial charge in [0.15, 0.2) is 0 Å². The van der Waals surface area contributed by atoms with Crippen LogP contribution in [0.4, 0.5) is 11.4 Å². The second kappa shape index (κ2) is 13.0. The van der Waals surface area contributed by atoms with Crippen LogP contribution in [0.5, 0.6) is 0 Å². The lowest BCUT2D eigenvalue weighted by Crippen LogP contribution is -2.48. The van der Waals surface area contributed by atoms with Gasteiger partial charge in [0.2, 0.25) is 0 Å². The van der Waals surface area contributed by atoms with Crippen LogP contribution in [0, 0.1) is 0 Å². The maximum absolute atomic E-state index is 12.1. The van der Waals surface area contributed by atoms with Gasteiger partial charge in [0.25, 0.3) is 5.91 Å². The Kier molecular flexibility index (Phi) is 12.3. The monoisotopic (exact) mass is 466 g/mol. The van der Waals surface area contributed by atoms with Crippen molar-refractivity contribution in [2.45, 2.75) is 0 Å². The number of amides is 1. The van der Waals surface area contributed by atoms with E-state index >= 15 is 0 Å². The number of benzene rings is 2. The number of rotatable bonds is 5. The number of hydrogen-bond donors (Lipinski definition) is 2. The molecule has 0 saturated carbocycles. The number of para-hydroxylation sites is 1. The van der Waals surface area contributed by atoms with Crippen LogP contribution in [0.25, 0.3) is 0 Å². The molecule has 0 aromatic heterocycles. The molecule has 5 nitrogen and oxygen atoms in total. The Morgan fingerprint density at radius 2 is 1.68 bits per heavy atom. The van der Waals surface area contributed by atoms with Crippen LogP contribution in [0.3, 0.4) is 0 Å². The molecule has 1 fully saturated rings. The van der Waals surface area contributed by atoms with Crippen LogP contribution in [-0.4, -0.2) is 50.1 Å². The lowest BCUT2D eigenvalue weighted by Gasteiger charge is -2.36. The molecule has 0 spiro atoms. The van der Waals surface area contributed by atoms with Gasteiger partial charge in [-0.1, -0.05) is 29.8 Å². The third-order valence-electron chi connectivity index (χ3n) is 4.46. The van der Waals surface area contributed by atoms with E-state index in [1.54, 1.807) is 12.1 Å². The topological polar surface area (TPSA) is 61.6 Å². The zero-order valence-electron chi connectivity index (χ0n) is 15.3. The third-order valence-corrected chi connectivity index (χ3v) is 4.70. The minimum absolute atomic E-state index is 0. The molecule has 1 heterocycles. The number of nitrogen functional groups attached to an aromatic ring is 1. The summed E-state index contributed by atoms with van der Waals surface area (Å²) in [5.41, 5.74) is 8.04. The van der Waals surface area contributed by atoms with Crippen molar-refractivity contribution in [1.82, 2.24) is 10.2 Å². The zero-order chi connectivity index (χ0) is 17.6. The maximum Gasteiger partial charge on any atom is 0.253 e. The Labute approximate surface area is 189 Å². The molecule has 156 valence electrons. The number of nitrogens with two attached hydrogens (primary N) is 1. The van der Waals surface area contributed by atoms with Gasteiger partial charge in [-0.3, -0.25) is 9.69 Å². The SMILES string of the molecule is Cl.Cl.Cl.Nc1ccccc1C(=O)NCCN1CCN(c2cccc(Cl)c2)CC1. The summed E-state index contributed by atoms with van der Waals surface area (Å²) < 4.78 is 0. The quantitative estimate of drug-likeness (QED) is 0.657. The fraction of sp³-hybridized carbons (Fsp3) is 0.316. The van der Waals surface area contributed by atoms with E-state index in [1.807, 2.05) is 30.3 Å². The average molecular weight is 468 g/mol. The summed E-state index contributed by atoms with van der Waals surface area (Å²) >= 11 is 6.07. The Morgan fingerprint density at radius 3 is 2.32 bits per heavy atom. The Bertz CT molecular complexity index is 739. The summed E-state index contributed by atoms with van der Waals surface area (Å²) in [5.74, 6) is -0.115. The second-order valence-corrected chi connectivity index (χ2v) is 6.59. The van der Waals surface area contributed by atoms with Gasteiger partial charge >= 0.3 is 0 Å². The van der Waals surface area contributed by atoms with Crippen LogP contribution in [0.2, 0.25) is 5.02 Å². The molecule has 0 bridgehead atoms. The van der Waals surface area contributed by atoms with Crippen molar-refractivity contribution in [1.29, 1.82) is 0 Å². The molecule has 0 aliphatic carbocycles. The standard InChI is InChI=1S/C19H23ClN4O.3ClH/c20-15-4-3-5-16(14-15)24-12-10-23(11-13-24)9-8-22-19(25)17-6-1-2-7-18(17)21;;;/h1-7,14H,8-13,21H2,(H,22,25);3*1H. The summed E-state index contributed by atoms with van der Waals surface area (Å²) in [6.07, 6.45) is 0. The van der Waals surface area contributed by atoms with E-state index in [1.165, 1.54) is 5.69 Å². The number of carbonyl (C=O) groups is 1. The van der Waals surface area contributed by atoms with Crippen molar-refractivity contribution in [2.24, 2.45) is 0 Å². The molecule has 0 radical (unpaired) electrons. The van der Waals surface area contributed by atoms with Crippen LogP contribution >= 0.6 is 48.8 Å². The summed E-state index contributed by atoms with van der Waals surface area (Å²) in [7, 11) is 0. The van der Waals surface area contributed by atoms with Gasteiger partial charge in [-0.15, -0.1) is 37.2 Å². The number of piperazine rings is 1. The van der Waals surface area contributed by atoms with Gasteiger partial charge in [-0.05, 0) is 30.3 Å². The van der Waals surface area contributed by atoms with E-state index in [9.17, 15) is 4.79 Å². The van der Waals surface area contributed by atoms with Gasteiger partial charge < -0.3 is 16.0 Å². The predicted molar refractivity (Wildman–Crippen MR) is 125 cm³/mol. The highest BCUT2D eigenvalue weighted by Crippen LogP contribution is 2.20. The van der Waals surface area contributed by atoms with Crippen LogP contribution in [0.15, 0.2) is 48.5 Å². The van der Waals surface area contributed by atoms with Gasteiger partial charge in [-0.2, -0.15) is 0 Å². The van der Waals surface area contributed by atoms with Crippen LogP contribution in [0.1, 0.15) is 10.4 Å². The Morgan fingerprint density at radius 1 is 1.00 bits per heavy atom. The minimum atomic E-state index is -0.115. The van der Waals surface area contributed by atoms with Crippen molar-refractivity contribution < 1.29 is 4.79 Å². The van der Waals surface area contributed by atoms with Gasteiger partial charge in [0.1, 0.15) is 0 Å². The van der Waals surface area contributed by atoms with Gasteiger partial charge in [0.05, 0.1) is 5.56 Å². The van der Waals surface area contributed by atoms with E-state index in [-0.39, 0.29) is 43.1 Å². The third kappa shape index (κ3) is 7.22. The molecule has 0 atom stereocenters. The van der Waals surface area contributed by atoms with Crippen molar-refractivity contribution in [3.8, 4) is 0 Å². The first-order valence-corrected chi connectivity index (χ1v) is 8.87. The summed E-state index contributed by atoms with van der Waals surface area (Å²) in [6.45, 7) is 5.30. The molecule has 0 unspecified atom stereocenters. The van der Waals surface area contributed by atoms with Gasteiger partial charge in [0, 0.05) is 55.7 Å². The molecular formula is C19H26Cl4N4O. The largest absolute Gasteiger partial charge is 0.398 e. The lowest BCUT2D eigenvalue weighted by atomic mass is 10.1. The Hall–Kier alpha value is -1.37. The molecule has 1 aliphatic rings. The minimum Gasteiger partial charge on any atom is -0.398 e. The van der Waals surface area contributed by atoms with E-state index in [2.05, 4.69) is 21.2 Å². The lowest BCUT2D eigenvalue weighted by molar-refractivity contribution is 0.0948. The number of anilines is 2. The van der Waals surface area contributed by atoms with Crippen LogP contribution < -0.4 is 16.0 Å². The predicted octanol–water partition coefficient (Wildman–Crippen LogP) is 3.74. The van der Waals surface area contributed by atoms with Crippen molar-refractivity contribution >= 4 is 66.1 Å². The molecule has 2 aromatic rings. The number of nitrogens with zero attached hydrogens (tertiary/aromatic N) is 2.